The van der Waals surface area contributed by atoms with Crippen molar-refractivity contribution in [3.8, 4) is 11.3 Å². The topological polar surface area (TPSA) is 100 Å². The number of aliphatic hydroxyl groups excluding tert-OH is 1. The van der Waals surface area contributed by atoms with Crippen molar-refractivity contribution < 1.29 is 35.3 Å². The average molecular weight is 406 g/mol. The molecule has 0 aliphatic heterocycles. The molecule has 0 fully saturated rings. The van der Waals surface area contributed by atoms with Gasteiger partial charge in [0.2, 0.25) is 0 Å². The van der Waals surface area contributed by atoms with Crippen LogP contribution in [0.5, 0.6) is 0 Å². The van der Waals surface area contributed by atoms with Gasteiger partial charge in [-0.25, -0.2) is 4.79 Å². The van der Waals surface area contributed by atoms with Gasteiger partial charge in [-0.1, -0.05) is 6.07 Å². The molecular weight excluding hydrogens is 383 g/mol. The minimum absolute atomic E-state index is 0. The predicted molar refractivity (Wildman–Crippen MR) is 108 cm³/mol. The molecule has 1 unspecified atom stereocenters. The molecule has 0 aromatic carbocycles. The minimum atomic E-state index is -1.01. The number of carboxylic acids is 1. The van der Waals surface area contributed by atoms with Crippen molar-refractivity contribution in [2.45, 2.75) is 31.9 Å². The van der Waals surface area contributed by atoms with E-state index in [2.05, 4.69) is 21.5 Å². The molecule has 29 heavy (non-hydrogen) atoms. The van der Waals surface area contributed by atoms with E-state index >= 15 is 0 Å². The second-order valence-electron chi connectivity index (χ2n) is 6.88. The molecule has 0 amide bonds. The molecule has 3 aromatic rings. The second kappa shape index (κ2) is 9.70. The quantitative estimate of drug-likeness (QED) is 0.332. The molecule has 0 radical (unpaired) electrons. The van der Waals surface area contributed by atoms with Crippen LogP contribution in [0.25, 0.3) is 11.3 Å². The summed E-state index contributed by atoms with van der Waals surface area (Å²) in [5, 5.41) is 29.9. The monoisotopic (exact) mass is 406 g/mol. The fraction of sp³-hybridized carbons (Fsp3) is 0.350. The van der Waals surface area contributed by atoms with Crippen molar-refractivity contribution in [2.75, 3.05) is 13.1 Å². The maximum absolute atomic E-state index is 11.9. The van der Waals surface area contributed by atoms with E-state index in [-0.39, 0.29) is 32.5 Å². The zero-order valence-corrected chi connectivity index (χ0v) is 17.2. The Morgan fingerprint density at radius 2 is 2.24 bits per heavy atom. The SMILES string of the molecule is O=C(O)c1c2c(nn1CC(O)CNCCc1cccs1)-c1ccncc1CC2.[H-].[Li+]. The molecule has 3 aromatic heterocycles. The molecule has 1 aliphatic rings. The number of hydrogen-bond acceptors (Lipinski definition) is 6. The van der Waals surface area contributed by atoms with Crippen molar-refractivity contribution in [3.63, 3.8) is 0 Å². The molecule has 0 spiro atoms. The third kappa shape index (κ3) is 4.80. The first-order chi connectivity index (χ1) is 13.6. The van der Waals surface area contributed by atoms with Gasteiger partial charge in [-0.15, -0.1) is 11.3 Å². The maximum atomic E-state index is 11.9. The summed E-state index contributed by atoms with van der Waals surface area (Å²) in [6.45, 7) is 1.29. The van der Waals surface area contributed by atoms with E-state index in [1.165, 1.54) is 9.56 Å². The fourth-order valence-electron chi connectivity index (χ4n) is 3.64. The van der Waals surface area contributed by atoms with Gasteiger partial charge in [-0.05, 0) is 42.3 Å². The number of aromatic carboxylic acids is 1. The number of aromatic nitrogens is 3. The predicted octanol–water partition coefficient (Wildman–Crippen LogP) is -0.887. The molecule has 0 bridgehead atoms. The van der Waals surface area contributed by atoms with Gasteiger partial charge in [0, 0.05) is 41.5 Å². The number of nitrogens with one attached hydrogen (secondary N) is 1. The normalized spacial score (nSPS) is 13.3. The summed E-state index contributed by atoms with van der Waals surface area (Å²) >= 11 is 1.71. The molecule has 1 atom stereocenters. The number of aryl methyl sites for hydroxylation is 1. The van der Waals surface area contributed by atoms with Gasteiger partial charge in [0.1, 0.15) is 5.69 Å². The average Bonchev–Trinajstić information content (AvgIpc) is 3.32. The summed E-state index contributed by atoms with van der Waals surface area (Å²) in [6.07, 6.45) is 5.05. The molecule has 7 nitrogen and oxygen atoms in total. The number of carbonyl (C=O) groups is 1. The summed E-state index contributed by atoms with van der Waals surface area (Å²) in [5.41, 5.74) is 3.62. The Balaban J connectivity index is 0.00000160. The number of rotatable bonds is 8. The minimum Gasteiger partial charge on any atom is -1.00 e. The van der Waals surface area contributed by atoms with Crippen molar-refractivity contribution in [2.24, 2.45) is 0 Å². The van der Waals surface area contributed by atoms with Crippen LogP contribution < -0.4 is 24.2 Å². The zero-order chi connectivity index (χ0) is 19.5. The van der Waals surface area contributed by atoms with Crippen LogP contribution in [-0.4, -0.2) is 50.1 Å². The molecular formula is C20H23LiN4O3S. The Morgan fingerprint density at radius 1 is 1.38 bits per heavy atom. The smallest absolute Gasteiger partial charge is 1.00 e. The second-order valence-corrected chi connectivity index (χ2v) is 7.92. The van der Waals surface area contributed by atoms with Crippen LogP contribution >= 0.6 is 11.3 Å². The number of thiophene rings is 1. The van der Waals surface area contributed by atoms with E-state index in [4.69, 9.17) is 0 Å². The summed E-state index contributed by atoms with van der Waals surface area (Å²) in [7, 11) is 0. The molecule has 4 rings (SSSR count). The number of hydrogen-bond donors (Lipinski definition) is 3. The van der Waals surface area contributed by atoms with E-state index in [0.717, 1.165) is 36.1 Å². The van der Waals surface area contributed by atoms with Gasteiger partial charge >= 0.3 is 24.8 Å². The Bertz CT molecular complexity index is 981. The standard InChI is InChI=1S/C20H22N4O3S.Li.H/c25-14(11-22-7-5-15-2-1-9-28-15)12-24-19(20(26)27)17-4-3-13-10-21-8-6-16(13)18(17)23-24;;/h1-2,6,8-10,14,22,25H,3-5,7,11-12H2,(H,26,27);;/q;+1;-1. The molecule has 9 heteroatoms. The van der Waals surface area contributed by atoms with E-state index in [9.17, 15) is 15.0 Å². The Labute approximate surface area is 186 Å². The molecule has 1 aliphatic carbocycles. The van der Waals surface area contributed by atoms with Crippen molar-refractivity contribution in [1.29, 1.82) is 0 Å². The first-order valence-electron chi connectivity index (χ1n) is 9.31. The summed E-state index contributed by atoms with van der Waals surface area (Å²) < 4.78 is 1.44. The van der Waals surface area contributed by atoms with E-state index < -0.39 is 12.1 Å². The molecule has 0 saturated carbocycles. The van der Waals surface area contributed by atoms with Crippen LogP contribution in [0, 0.1) is 0 Å². The van der Waals surface area contributed by atoms with Gasteiger partial charge in [-0.3, -0.25) is 9.67 Å². The number of nitrogens with zero attached hydrogens (tertiary/aromatic N) is 3. The number of pyridine rings is 1. The summed E-state index contributed by atoms with van der Waals surface area (Å²) in [6, 6.07) is 5.98. The molecule has 148 valence electrons. The van der Waals surface area contributed by atoms with E-state index in [0.29, 0.717) is 18.7 Å². The number of aliphatic hydroxyl groups is 1. The maximum Gasteiger partial charge on any atom is 1.00 e. The van der Waals surface area contributed by atoms with Gasteiger partial charge in [-0.2, -0.15) is 5.10 Å². The van der Waals surface area contributed by atoms with Gasteiger partial charge in [0.25, 0.3) is 0 Å². The Hall–Kier alpha value is -1.95. The molecule has 3 N–H and O–H groups in total. The van der Waals surface area contributed by atoms with Crippen LogP contribution in [0.1, 0.15) is 27.9 Å². The number of carboxylic acid groups (broad SMARTS) is 1. The van der Waals surface area contributed by atoms with E-state index in [1.54, 1.807) is 17.5 Å². The van der Waals surface area contributed by atoms with Crippen LogP contribution in [0.15, 0.2) is 36.0 Å². The molecule has 3 heterocycles. The number of fused-ring (bicyclic) bond motifs is 3. The third-order valence-electron chi connectivity index (χ3n) is 4.95. The van der Waals surface area contributed by atoms with E-state index in [1.807, 2.05) is 23.7 Å². The van der Waals surface area contributed by atoms with Crippen LogP contribution in [0.3, 0.4) is 0 Å². The fourth-order valence-corrected chi connectivity index (χ4v) is 4.35. The summed E-state index contributed by atoms with van der Waals surface area (Å²) in [4.78, 5) is 17.3. The van der Waals surface area contributed by atoms with Crippen molar-refractivity contribution in [1.82, 2.24) is 20.1 Å². The largest absolute Gasteiger partial charge is 1.00 e. The zero-order valence-electron chi connectivity index (χ0n) is 17.3. The first-order valence-corrected chi connectivity index (χ1v) is 10.2. The Kier molecular flexibility index (Phi) is 7.27. The Morgan fingerprint density at radius 3 is 3.00 bits per heavy atom. The summed E-state index contributed by atoms with van der Waals surface area (Å²) in [5.74, 6) is -1.01. The van der Waals surface area contributed by atoms with Crippen molar-refractivity contribution >= 4 is 17.3 Å². The molecule has 0 saturated heterocycles. The first kappa shape index (κ1) is 21.7. The third-order valence-corrected chi connectivity index (χ3v) is 5.88. The van der Waals surface area contributed by atoms with Crippen LogP contribution in [0.2, 0.25) is 0 Å². The van der Waals surface area contributed by atoms with Gasteiger partial charge in [0.05, 0.1) is 18.3 Å². The van der Waals surface area contributed by atoms with Crippen LogP contribution in [-0.2, 0) is 25.8 Å². The van der Waals surface area contributed by atoms with Crippen molar-refractivity contribution in [3.05, 3.63) is 57.7 Å². The van der Waals surface area contributed by atoms with Crippen LogP contribution in [0.4, 0.5) is 0 Å². The van der Waals surface area contributed by atoms with Gasteiger partial charge < -0.3 is 17.0 Å². The van der Waals surface area contributed by atoms with Gasteiger partial charge in [0.15, 0.2) is 0 Å².